The van der Waals surface area contributed by atoms with Gasteiger partial charge in [0, 0.05) is 24.8 Å². The number of nitrogens with zero attached hydrogens (tertiary/aromatic N) is 2. The van der Waals surface area contributed by atoms with E-state index in [1.165, 1.54) is 5.56 Å². The molecule has 0 amide bonds. The fourth-order valence-corrected chi connectivity index (χ4v) is 1.58. The molecule has 0 radical (unpaired) electrons. The minimum atomic E-state index is -1.19. The zero-order valence-corrected chi connectivity index (χ0v) is 7.97. The smallest absolute Gasteiger partial charge is 0.124 e. The van der Waals surface area contributed by atoms with Crippen molar-refractivity contribution in [1.82, 2.24) is 15.1 Å². The number of nitrogens with one attached hydrogen (secondary N) is 1. The van der Waals surface area contributed by atoms with Crippen molar-refractivity contribution in [3.05, 3.63) is 17.5 Å². The van der Waals surface area contributed by atoms with Crippen molar-refractivity contribution in [3.63, 3.8) is 0 Å². The Hall–Kier alpha value is -0.900. The first-order chi connectivity index (χ1) is 6.04. The van der Waals surface area contributed by atoms with E-state index in [4.69, 9.17) is 0 Å². The first-order valence-electron chi connectivity index (χ1n) is 4.49. The van der Waals surface area contributed by atoms with Gasteiger partial charge in [-0.15, -0.1) is 0 Å². The largest absolute Gasteiger partial charge is 0.307 e. The van der Waals surface area contributed by atoms with Crippen LogP contribution >= 0.6 is 0 Å². The lowest BCUT2D eigenvalue weighted by molar-refractivity contribution is 0.179. The van der Waals surface area contributed by atoms with E-state index in [9.17, 15) is 4.39 Å². The van der Waals surface area contributed by atoms with E-state index >= 15 is 0 Å². The lowest BCUT2D eigenvalue weighted by atomic mass is 10.2. The molecule has 2 heterocycles. The second-order valence-electron chi connectivity index (χ2n) is 4.12. The van der Waals surface area contributed by atoms with Crippen LogP contribution in [-0.2, 0) is 19.6 Å². The van der Waals surface area contributed by atoms with Crippen LogP contribution in [0.15, 0.2) is 6.20 Å². The van der Waals surface area contributed by atoms with Crippen molar-refractivity contribution < 1.29 is 4.39 Å². The van der Waals surface area contributed by atoms with Gasteiger partial charge >= 0.3 is 0 Å². The van der Waals surface area contributed by atoms with Gasteiger partial charge in [-0.25, -0.2) is 4.39 Å². The van der Waals surface area contributed by atoms with Gasteiger partial charge in [-0.3, -0.25) is 4.68 Å². The maximum absolute atomic E-state index is 13.3. The monoisotopic (exact) mass is 183 g/mol. The van der Waals surface area contributed by atoms with Gasteiger partial charge in [0.2, 0.25) is 0 Å². The third kappa shape index (κ3) is 1.88. The molecule has 0 aliphatic carbocycles. The molecule has 0 fully saturated rings. The molecule has 0 unspecified atom stereocenters. The van der Waals surface area contributed by atoms with E-state index in [1.807, 2.05) is 6.20 Å². The number of halogens is 1. The van der Waals surface area contributed by atoms with E-state index in [0.29, 0.717) is 6.54 Å². The van der Waals surface area contributed by atoms with Gasteiger partial charge in [0.1, 0.15) is 5.67 Å². The van der Waals surface area contributed by atoms with Crippen molar-refractivity contribution in [2.75, 3.05) is 0 Å². The molecule has 72 valence electrons. The van der Waals surface area contributed by atoms with Crippen LogP contribution in [-0.4, -0.2) is 15.4 Å². The van der Waals surface area contributed by atoms with Gasteiger partial charge in [-0.2, -0.15) is 5.10 Å². The second-order valence-corrected chi connectivity index (χ2v) is 4.12. The van der Waals surface area contributed by atoms with Crippen LogP contribution in [0.4, 0.5) is 4.39 Å². The number of hydrogen-bond acceptors (Lipinski definition) is 2. The van der Waals surface area contributed by atoms with Gasteiger partial charge in [0.25, 0.3) is 0 Å². The number of aromatic nitrogens is 2. The van der Waals surface area contributed by atoms with Crippen LogP contribution in [0.5, 0.6) is 0 Å². The summed E-state index contributed by atoms with van der Waals surface area (Å²) in [5.74, 6) is 0. The molecule has 1 aliphatic rings. The zero-order chi connectivity index (χ0) is 9.47. The summed E-state index contributed by atoms with van der Waals surface area (Å²) in [6.45, 7) is 5.15. The molecule has 1 aromatic rings. The Kier molecular flexibility index (Phi) is 1.87. The molecule has 1 N–H and O–H groups in total. The molecule has 0 atom stereocenters. The second kappa shape index (κ2) is 2.80. The van der Waals surface area contributed by atoms with Crippen molar-refractivity contribution in [2.45, 2.75) is 39.2 Å². The molecule has 0 spiro atoms. The maximum atomic E-state index is 13.3. The lowest BCUT2D eigenvalue weighted by Crippen LogP contribution is -2.21. The molecule has 0 aromatic carbocycles. The van der Waals surface area contributed by atoms with E-state index < -0.39 is 5.67 Å². The van der Waals surface area contributed by atoms with Crippen LogP contribution in [0.2, 0.25) is 0 Å². The quantitative estimate of drug-likeness (QED) is 0.747. The van der Waals surface area contributed by atoms with Crippen molar-refractivity contribution in [2.24, 2.45) is 0 Å². The summed E-state index contributed by atoms with van der Waals surface area (Å²) < 4.78 is 15.0. The Morgan fingerprint density at radius 1 is 1.62 bits per heavy atom. The Morgan fingerprint density at radius 3 is 3.00 bits per heavy atom. The van der Waals surface area contributed by atoms with Gasteiger partial charge in [-0.05, 0) is 13.8 Å². The highest BCUT2D eigenvalue weighted by molar-refractivity contribution is 5.20. The van der Waals surface area contributed by atoms with Gasteiger partial charge in [-0.1, -0.05) is 0 Å². The van der Waals surface area contributed by atoms with Crippen molar-refractivity contribution >= 4 is 0 Å². The fourth-order valence-electron chi connectivity index (χ4n) is 1.58. The highest BCUT2D eigenvalue weighted by Crippen LogP contribution is 2.16. The van der Waals surface area contributed by atoms with Gasteiger partial charge in [0.05, 0.1) is 12.2 Å². The molecule has 0 saturated heterocycles. The van der Waals surface area contributed by atoms with Crippen LogP contribution in [0.1, 0.15) is 25.1 Å². The predicted octanol–water partition coefficient (Wildman–Crippen LogP) is 1.23. The predicted molar refractivity (Wildman–Crippen MR) is 48.0 cm³/mol. The number of alkyl halides is 1. The molecule has 0 bridgehead atoms. The SMILES string of the molecule is CC(C)(F)Cn1cc2c(n1)CNC2. The molecule has 2 rings (SSSR count). The van der Waals surface area contributed by atoms with E-state index in [1.54, 1.807) is 18.5 Å². The van der Waals surface area contributed by atoms with Crippen LogP contribution in [0.3, 0.4) is 0 Å². The number of hydrogen-bond donors (Lipinski definition) is 1. The normalized spacial score (nSPS) is 16.2. The van der Waals surface area contributed by atoms with E-state index in [2.05, 4.69) is 10.4 Å². The van der Waals surface area contributed by atoms with E-state index in [-0.39, 0.29) is 0 Å². The Labute approximate surface area is 76.9 Å². The minimum absolute atomic E-state index is 0.333. The summed E-state index contributed by atoms with van der Waals surface area (Å²) in [6.07, 6.45) is 1.93. The molecule has 3 nitrogen and oxygen atoms in total. The summed E-state index contributed by atoms with van der Waals surface area (Å²) in [7, 11) is 0. The fraction of sp³-hybridized carbons (Fsp3) is 0.667. The summed E-state index contributed by atoms with van der Waals surface area (Å²) in [6, 6.07) is 0. The summed E-state index contributed by atoms with van der Waals surface area (Å²) in [5, 5.41) is 7.48. The maximum Gasteiger partial charge on any atom is 0.124 e. The Balaban J connectivity index is 2.15. The average Bonchev–Trinajstić information content (AvgIpc) is 2.40. The Morgan fingerprint density at radius 2 is 2.38 bits per heavy atom. The number of rotatable bonds is 2. The van der Waals surface area contributed by atoms with Crippen molar-refractivity contribution in [1.29, 1.82) is 0 Å². The average molecular weight is 183 g/mol. The first kappa shape index (κ1) is 8.69. The molecule has 0 saturated carbocycles. The van der Waals surface area contributed by atoms with Crippen molar-refractivity contribution in [3.8, 4) is 0 Å². The topological polar surface area (TPSA) is 29.9 Å². The van der Waals surface area contributed by atoms with E-state index in [0.717, 1.165) is 18.8 Å². The summed E-state index contributed by atoms with van der Waals surface area (Å²) >= 11 is 0. The molecule has 1 aliphatic heterocycles. The Bertz CT molecular complexity index is 290. The standard InChI is InChI=1S/C9H14FN3/c1-9(2,10)6-13-5-7-3-11-4-8(7)12-13/h5,11H,3-4,6H2,1-2H3. The van der Waals surface area contributed by atoms with Gasteiger partial charge < -0.3 is 5.32 Å². The molecular weight excluding hydrogens is 169 g/mol. The van der Waals surface area contributed by atoms with Crippen LogP contribution < -0.4 is 5.32 Å². The number of fused-ring (bicyclic) bond motifs is 1. The molecule has 13 heavy (non-hydrogen) atoms. The first-order valence-corrected chi connectivity index (χ1v) is 4.49. The van der Waals surface area contributed by atoms with Crippen LogP contribution in [0, 0.1) is 0 Å². The van der Waals surface area contributed by atoms with Crippen LogP contribution in [0.25, 0.3) is 0 Å². The minimum Gasteiger partial charge on any atom is -0.307 e. The summed E-state index contributed by atoms with van der Waals surface area (Å²) in [4.78, 5) is 0. The molecule has 1 aromatic heterocycles. The molecular formula is C9H14FN3. The third-order valence-electron chi connectivity index (χ3n) is 2.07. The summed E-state index contributed by atoms with van der Waals surface area (Å²) in [5.41, 5.74) is 1.07. The highest BCUT2D eigenvalue weighted by atomic mass is 19.1. The zero-order valence-electron chi connectivity index (χ0n) is 7.97. The highest BCUT2D eigenvalue weighted by Gasteiger charge is 2.20. The molecule has 4 heteroatoms. The van der Waals surface area contributed by atoms with Gasteiger partial charge in [0.15, 0.2) is 0 Å². The lowest BCUT2D eigenvalue weighted by Gasteiger charge is -2.13. The third-order valence-corrected chi connectivity index (χ3v) is 2.07.